The van der Waals surface area contributed by atoms with E-state index in [1.54, 1.807) is 32.4 Å². The van der Waals surface area contributed by atoms with Gasteiger partial charge in [-0.3, -0.25) is 4.99 Å². The smallest absolute Gasteiger partial charge is 0.422 e. The van der Waals surface area contributed by atoms with Crippen molar-refractivity contribution >= 4 is 5.96 Å². The summed E-state index contributed by atoms with van der Waals surface area (Å²) in [5.74, 6) is 1.17. The second-order valence-corrected chi connectivity index (χ2v) is 6.80. The monoisotopic (exact) mass is 432 g/mol. The second-order valence-electron chi connectivity index (χ2n) is 6.80. The Morgan fingerprint density at radius 3 is 2.55 bits per heavy atom. The van der Waals surface area contributed by atoms with Gasteiger partial charge in [0.25, 0.3) is 0 Å². The predicted molar refractivity (Wildman–Crippen MR) is 112 cm³/mol. The molecule has 3 aromatic rings. The number of rotatable bonds is 7. The summed E-state index contributed by atoms with van der Waals surface area (Å²) < 4.78 is 48.1. The molecule has 1 aromatic heterocycles. The van der Waals surface area contributed by atoms with E-state index < -0.39 is 12.8 Å². The zero-order chi connectivity index (χ0) is 22.3. The average Bonchev–Trinajstić information content (AvgIpc) is 3.22. The lowest BCUT2D eigenvalue weighted by molar-refractivity contribution is -0.153. The summed E-state index contributed by atoms with van der Waals surface area (Å²) >= 11 is 0. The number of nitrogens with zero attached hydrogens (tertiary/aromatic N) is 2. The Morgan fingerprint density at radius 1 is 1.10 bits per heavy atom. The molecule has 0 aliphatic heterocycles. The molecule has 0 spiro atoms. The fourth-order valence-corrected chi connectivity index (χ4v) is 2.78. The number of aliphatic imine (C=N–C) groups is 1. The predicted octanol–water partition coefficient (Wildman–Crippen LogP) is 4.46. The lowest BCUT2D eigenvalue weighted by Crippen LogP contribution is -2.36. The Bertz CT molecular complexity index is 1020. The van der Waals surface area contributed by atoms with Crippen molar-refractivity contribution in [1.29, 1.82) is 0 Å². The highest BCUT2D eigenvalue weighted by Gasteiger charge is 2.28. The summed E-state index contributed by atoms with van der Waals surface area (Å²) in [6.45, 7) is 1.05. The summed E-state index contributed by atoms with van der Waals surface area (Å²) in [7, 11) is 1.60. The SMILES string of the molecule is CN=C(NCc1coc(-c2ccccc2)n1)NCc1ccc(C)cc1OCC(F)(F)F. The van der Waals surface area contributed by atoms with Crippen LogP contribution >= 0.6 is 0 Å². The van der Waals surface area contributed by atoms with Crippen molar-refractivity contribution in [1.82, 2.24) is 15.6 Å². The first-order chi connectivity index (χ1) is 14.8. The summed E-state index contributed by atoms with van der Waals surface area (Å²) in [4.78, 5) is 8.57. The van der Waals surface area contributed by atoms with Crippen LogP contribution in [-0.4, -0.2) is 30.8 Å². The van der Waals surface area contributed by atoms with Gasteiger partial charge in [0.15, 0.2) is 12.6 Å². The van der Waals surface area contributed by atoms with Crippen LogP contribution in [0.1, 0.15) is 16.8 Å². The van der Waals surface area contributed by atoms with E-state index in [2.05, 4.69) is 20.6 Å². The first-order valence-electron chi connectivity index (χ1n) is 9.57. The fourth-order valence-electron chi connectivity index (χ4n) is 2.78. The van der Waals surface area contributed by atoms with Crippen LogP contribution in [0.4, 0.5) is 13.2 Å². The van der Waals surface area contributed by atoms with Gasteiger partial charge in [0.05, 0.1) is 12.2 Å². The molecule has 0 saturated carbocycles. The molecule has 6 nitrogen and oxygen atoms in total. The normalized spacial score (nSPS) is 12.0. The average molecular weight is 432 g/mol. The van der Waals surface area contributed by atoms with Gasteiger partial charge in [-0.15, -0.1) is 0 Å². The minimum atomic E-state index is -4.40. The third-order valence-electron chi connectivity index (χ3n) is 4.29. The number of oxazole rings is 1. The van der Waals surface area contributed by atoms with Gasteiger partial charge in [-0.05, 0) is 30.7 Å². The van der Waals surface area contributed by atoms with Gasteiger partial charge >= 0.3 is 6.18 Å². The maximum Gasteiger partial charge on any atom is 0.422 e. The van der Waals surface area contributed by atoms with Crippen LogP contribution in [-0.2, 0) is 13.1 Å². The van der Waals surface area contributed by atoms with Gasteiger partial charge in [-0.2, -0.15) is 13.2 Å². The van der Waals surface area contributed by atoms with Gasteiger partial charge in [0, 0.05) is 24.7 Å². The van der Waals surface area contributed by atoms with E-state index in [-0.39, 0.29) is 12.3 Å². The minimum Gasteiger partial charge on any atom is -0.484 e. The molecule has 3 rings (SSSR count). The number of halogens is 3. The third-order valence-corrected chi connectivity index (χ3v) is 4.29. The number of hydrogen-bond donors (Lipinski definition) is 2. The molecular weight excluding hydrogens is 409 g/mol. The molecule has 9 heteroatoms. The Hall–Kier alpha value is -3.49. The molecular formula is C22H23F3N4O2. The largest absolute Gasteiger partial charge is 0.484 e. The molecule has 0 saturated heterocycles. The molecule has 1 heterocycles. The summed E-state index contributed by atoms with van der Waals surface area (Å²) in [5.41, 5.74) is 2.96. The van der Waals surface area contributed by atoms with Gasteiger partial charge in [0.1, 0.15) is 12.0 Å². The van der Waals surface area contributed by atoms with Crippen LogP contribution in [0.2, 0.25) is 0 Å². The van der Waals surface area contributed by atoms with Crippen LogP contribution in [0, 0.1) is 6.92 Å². The van der Waals surface area contributed by atoms with Crippen LogP contribution in [0.5, 0.6) is 5.75 Å². The van der Waals surface area contributed by atoms with E-state index in [1.807, 2.05) is 36.4 Å². The maximum atomic E-state index is 12.5. The highest BCUT2D eigenvalue weighted by Crippen LogP contribution is 2.24. The van der Waals surface area contributed by atoms with Gasteiger partial charge in [0.2, 0.25) is 5.89 Å². The summed E-state index contributed by atoms with van der Waals surface area (Å²) in [6.07, 6.45) is -2.84. The van der Waals surface area contributed by atoms with E-state index in [1.165, 1.54) is 0 Å². The van der Waals surface area contributed by atoms with E-state index in [0.717, 1.165) is 11.1 Å². The van der Waals surface area contributed by atoms with E-state index in [0.29, 0.717) is 29.7 Å². The van der Waals surface area contributed by atoms with E-state index in [9.17, 15) is 13.2 Å². The first kappa shape index (κ1) is 22.2. The number of guanidine groups is 1. The number of nitrogens with one attached hydrogen (secondary N) is 2. The highest BCUT2D eigenvalue weighted by atomic mass is 19.4. The number of ether oxygens (including phenoxy) is 1. The molecule has 0 unspecified atom stereocenters. The Kier molecular flexibility index (Phi) is 7.17. The van der Waals surface area contributed by atoms with Crippen molar-refractivity contribution in [3.05, 3.63) is 71.6 Å². The molecule has 0 amide bonds. The van der Waals surface area contributed by atoms with Crippen molar-refractivity contribution in [2.24, 2.45) is 4.99 Å². The number of aryl methyl sites for hydroxylation is 1. The zero-order valence-electron chi connectivity index (χ0n) is 17.2. The van der Waals surface area contributed by atoms with E-state index in [4.69, 9.17) is 9.15 Å². The third kappa shape index (κ3) is 6.77. The molecule has 2 aromatic carbocycles. The Morgan fingerprint density at radius 2 is 1.84 bits per heavy atom. The lowest BCUT2D eigenvalue weighted by atomic mass is 10.1. The highest BCUT2D eigenvalue weighted by molar-refractivity contribution is 5.79. The molecule has 0 bridgehead atoms. The molecule has 0 aliphatic carbocycles. The molecule has 164 valence electrons. The second kappa shape index (κ2) is 10.0. The number of benzene rings is 2. The van der Waals surface area contributed by atoms with E-state index >= 15 is 0 Å². The minimum absolute atomic E-state index is 0.185. The maximum absolute atomic E-state index is 12.5. The number of hydrogen-bond acceptors (Lipinski definition) is 4. The lowest BCUT2D eigenvalue weighted by Gasteiger charge is -2.16. The number of aromatic nitrogens is 1. The quantitative estimate of drug-likeness (QED) is 0.426. The molecule has 0 fully saturated rings. The van der Waals surface area contributed by atoms with Crippen LogP contribution < -0.4 is 15.4 Å². The Labute approximate surface area is 178 Å². The molecule has 31 heavy (non-hydrogen) atoms. The molecule has 0 atom stereocenters. The zero-order valence-corrected chi connectivity index (χ0v) is 17.2. The standard InChI is InChI=1S/C22H23F3N4O2/c1-15-8-9-17(19(10-15)31-14-22(23,24)25)11-27-21(26-2)28-12-18-13-30-20(29-18)16-6-4-3-5-7-16/h3-10,13H,11-12,14H2,1-2H3,(H2,26,27,28). The van der Waals surface area contributed by atoms with Crippen molar-refractivity contribution in [3.8, 4) is 17.2 Å². The van der Waals surface area contributed by atoms with Crippen molar-refractivity contribution in [2.75, 3.05) is 13.7 Å². The van der Waals surface area contributed by atoms with Gasteiger partial charge in [-0.1, -0.05) is 30.3 Å². The van der Waals surface area contributed by atoms with Crippen molar-refractivity contribution < 1.29 is 22.3 Å². The van der Waals surface area contributed by atoms with Crippen molar-refractivity contribution in [3.63, 3.8) is 0 Å². The van der Waals surface area contributed by atoms with Crippen LogP contribution in [0.25, 0.3) is 11.5 Å². The van der Waals surface area contributed by atoms with Crippen LogP contribution in [0.15, 0.2) is 64.2 Å². The van der Waals surface area contributed by atoms with Gasteiger partial charge in [-0.25, -0.2) is 4.98 Å². The summed E-state index contributed by atoms with van der Waals surface area (Å²) in [6, 6.07) is 14.7. The molecule has 0 aliphatic rings. The number of alkyl halides is 3. The van der Waals surface area contributed by atoms with Gasteiger partial charge < -0.3 is 19.8 Å². The first-order valence-corrected chi connectivity index (χ1v) is 9.57. The Balaban J connectivity index is 1.57. The summed E-state index contributed by atoms with van der Waals surface area (Å²) in [5, 5.41) is 6.17. The molecule has 2 N–H and O–H groups in total. The van der Waals surface area contributed by atoms with Crippen molar-refractivity contribution in [2.45, 2.75) is 26.2 Å². The topological polar surface area (TPSA) is 71.7 Å². The fraction of sp³-hybridized carbons (Fsp3) is 0.273. The molecule has 0 radical (unpaired) electrons. The van der Waals surface area contributed by atoms with Crippen LogP contribution in [0.3, 0.4) is 0 Å².